The maximum atomic E-state index is 10.4. The van der Waals surface area contributed by atoms with Gasteiger partial charge in [-0.05, 0) is 30.4 Å². The quantitative estimate of drug-likeness (QED) is 0.777. The standard InChI is InChI=1S/C12H17NO/c1-11(2)6-7-12(11,14)9-10-5-3-4-8-13-10/h3-5,8,14H,6-7,9H2,1-2H3. The lowest BCUT2D eigenvalue weighted by atomic mass is 9.57. The highest BCUT2D eigenvalue weighted by Crippen LogP contribution is 2.50. The van der Waals surface area contributed by atoms with Crippen molar-refractivity contribution < 1.29 is 5.11 Å². The van der Waals surface area contributed by atoms with Gasteiger partial charge >= 0.3 is 0 Å². The fourth-order valence-corrected chi connectivity index (χ4v) is 2.04. The summed E-state index contributed by atoms with van der Waals surface area (Å²) in [7, 11) is 0. The van der Waals surface area contributed by atoms with Crippen LogP contribution in [0.25, 0.3) is 0 Å². The second-order valence-electron chi connectivity index (χ2n) is 4.91. The third-order valence-corrected chi connectivity index (χ3v) is 3.62. The molecule has 1 aliphatic carbocycles. The third-order valence-electron chi connectivity index (χ3n) is 3.62. The summed E-state index contributed by atoms with van der Waals surface area (Å²) in [5, 5.41) is 10.4. The van der Waals surface area contributed by atoms with Crippen molar-refractivity contribution in [1.82, 2.24) is 4.98 Å². The van der Waals surface area contributed by atoms with Gasteiger partial charge in [-0.25, -0.2) is 0 Å². The van der Waals surface area contributed by atoms with E-state index in [0.717, 1.165) is 18.5 Å². The molecule has 1 saturated carbocycles. The molecule has 1 aliphatic rings. The lowest BCUT2D eigenvalue weighted by Gasteiger charge is -2.52. The molecule has 0 bridgehead atoms. The Kier molecular flexibility index (Phi) is 2.11. The summed E-state index contributed by atoms with van der Waals surface area (Å²) in [5.41, 5.74) is 0.495. The van der Waals surface area contributed by atoms with E-state index >= 15 is 0 Å². The smallest absolute Gasteiger partial charge is 0.0753 e. The minimum Gasteiger partial charge on any atom is -0.389 e. The topological polar surface area (TPSA) is 33.1 Å². The first-order valence-electron chi connectivity index (χ1n) is 5.16. The molecule has 0 amide bonds. The SMILES string of the molecule is CC1(C)CCC1(O)Cc1ccccn1. The van der Waals surface area contributed by atoms with Crippen molar-refractivity contribution in [2.75, 3.05) is 0 Å². The molecule has 1 aromatic rings. The predicted octanol–water partition coefficient (Wildman–Crippen LogP) is 2.18. The molecule has 2 rings (SSSR count). The van der Waals surface area contributed by atoms with E-state index in [1.54, 1.807) is 6.20 Å². The Hall–Kier alpha value is -0.890. The second kappa shape index (κ2) is 3.06. The van der Waals surface area contributed by atoms with Gasteiger partial charge in [-0.1, -0.05) is 19.9 Å². The number of pyridine rings is 1. The molecule has 0 radical (unpaired) electrons. The zero-order valence-electron chi connectivity index (χ0n) is 8.83. The highest BCUT2D eigenvalue weighted by Gasteiger charge is 2.51. The third kappa shape index (κ3) is 1.44. The van der Waals surface area contributed by atoms with Crippen molar-refractivity contribution in [1.29, 1.82) is 0 Å². The monoisotopic (exact) mass is 191 g/mol. The molecule has 2 heteroatoms. The largest absolute Gasteiger partial charge is 0.389 e. The molecule has 1 atom stereocenters. The van der Waals surface area contributed by atoms with E-state index in [1.165, 1.54) is 0 Å². The highest BCUT2D eigenvalue weighted by molar-refractivity contribution is 5.13. The predicted molar refractivity (Wildman–Crippen MR) is 55.9 cm³/mol. The fraction of sp³-hybridized carbons (Fsp3) is 0.583. The molecule has 0 aromatic carbocycles. The van der Waals surface area contributed by atoms with Crippen LogP contribution in [0.2, 0.25) is 0 Å². The van der Waals surface area contributed by atoms with Crippen molar-refractivity contribution in [3.8, 4) is 0 Å². The van der Waals surface area contributed by atoms with Crippen molar-refractivity contribution >= 4 is 0 Å². The van der Waals surface area contributed by atoms with Crippen LogP contribution in [0.5, 0.6) is 0 Å². The minimum absolute atomic E-state index is 0.0462. The van der Waals surface area contributed by atoms with Crippen molar-refractivity contribution in [3.63, 3.8) is 0 Å². The normalized spacial score (nSPS) is 29.6. The molecule has 0 spiro atoms. The molecule has 0 saturated heterocycles. The van der Waals surface area contributed by atoms with E-state index in [9.17, 15) is 5.11 Å². The van der Waals surface area contributed by atoms with Crippen molar-refractivity contribution in [2.45, 2.75) is 38.7 Å². The summed E-state index contributed by atoms with van der Waals surface area (Å²) < 4.78 is 0. The Morgan fingerprint density at radius 2 is 2.14 bits per heavy atom. The number of hydrogen-bond donors (Lipinski definition) is 1. The molecule has 1 N–H and O–H groups in total. The van der Waals surface area contributed by atoms with Gasteiger partial charge in [0.2, 0.25) is 0 Å². The maximum Gasteiger partial charge on any atom is 0.0753 e. The first-order valence-corrected chi connectivity index (χ1v) is 5.16. The molecule has 14 heavy (non-hydrogen) atoms. The van der Waals surface area contributed by atoms with Crippen LogP contribution in [0, 0.1) is 5.41 Å². The number of aliphatic hydroxyl groups is 1. The zero-order valence-corrected chi connectivity index (χ0v) is 8.83. The van der Waals surface area contributed by atoms with E-state index in [2.05, 4.69) is 18.8 Å². The van der Waals surface area contributed by atoms with Crippen LogP contribution in [0.15, 0.2) is 24.4 Å². The van der Waals surface area contributed by atoms with Gasteiger partial charge in [0.1, 0.15) is 0 Å². The Morgan fingerprint density at radius 1 is 1.36 bits per heavy atom. The van der Waals surface area contributed by atoms with Crippen LogP contribution >= 0.6 is 0 Å². The molecular weight excluding hydrogens is 174 g/mol. The van der Waals surface area contributed by atoms with Gasteiger partial charge in [-0.2, -0.15) is 0 Å². The first-order chi connectivity index (χ1) is 6.54. The minimum atomic E-state index is -0.540. The number of hydrogen-bond acceptors (Lipinski definition) is 2. The van der Waals surface area contributed by atoms with Crippen LogP contribution < -0.4 is 0 Å². The van der Waals surface area contributed by atoms with Gasteiger partial charge < -0.3 is 5.11 Å². The molecular formula is C12H17NO. The van der Waals surface area contributed by atoms with E-state index in [4.69, 9.17) is 0 Å². The van der Waals surface area contributed by atoms with Gasteiger partial charge in [0.05, 0.1) is 5.60 Å². The Bertz CT molecular complexity index is 320. The van der Waals surface area contributed by atoms with Crippen LogP contribution in [0.3, 0.4) is 0 Å². The summed E-state index contributed by atoms with van der Waals surface area (Å²) in [5.74, 6) is 0. The Morgan fingerprint density at radius 3 is 2.57 bits per heavy atom. The number of nitrogens with zero attached hydrogens (tertiary/aromatic N) is 1. The van der Waals surface area contributed by atoms with Crippen molar-refractivity contribution in [3.05, 3.63) is 30.1 Å². The molecule has 2 nitrogen and oxygen atoms in total. The molecule has 1 aromatic heterocycles. The van der Waals surface area contributed by atoms with E-state index in [0.29, 0.717) is 6.42 Å². The summed E-state index contributed by atoms with van der Waals surface area (Å²) in [6.07, 6.45) is 4.47. The number of rotatable bonds is 2. The summed E-state index contributed by atoms with van der Waals surface area (Å²) in [6, 6.07) is 5.85. The van der Waals surface area contributed by atoms with Crippen LogP contribution in [0.4, 0.5) is 0 Å². The number of aromatic nitrogens is 1. The summed E-state index contributed by atoms with van der Waals surface area (Å²) >= 11 is 0. The average molecular weight is 191 g/mol. The summed E-state index contributed by atoms with van der Waals surface area (Å²) in [6.45, 7) is 4.25. The lowest BCUT2D eigenvalue weighted by molar-refractivity contribution is -0.147. The van der Waals surface area contributed by atoms with Crippen LogP contribution in [-0.4, -0.2) is 15.7 Å². The second-order valence-corrected chi connectivity index (χ2v) is 4.91. The van der Waals surface area contributed by atoms with E-state index in [-0.39, 0.29) is 5.41 Å². The van der Waals surface area contributed by atoms with Gasteiger partial charge in [-0.3, -0.25) is 4.98 Å². The molecule has 1 unspecified atom stereocenters. The Balaban J connectivity index is 2.12. The molecule has 0 aliphatic heterocycles. The zero-order chi connectivity index (χ0) is 10.2. The van der Waals surface area contributed by atoms with Crippen molar-refractivity contribution in [2.24, 2.45) is 5.41 Å². The van der Waals surface area contributed by atoms with Gasteiger partial charge in [0, 0.05) is 18.3 Å². The molecule has 1 heterocycles. The molecule has 76 valence electrons. The maximum absolute atomic E-state index is 10.4. The Labute approximate surface area is 85.0 Å². The van der Waals surface area contributed by atoms with E-state index < -0.39 is 5.60 Å². The van der Waals surface area contributed by atoms with Gasteiger partial charge in [0.15, 0.2) is 0 Å². The molecule has 1 fully saturated rings. The average Bonchev–Trinajstić information content (AvgIpc) is 2.18. The van der Waals surface area contributed by atoms with Gasteiger partial charge in [-0.15, -0.1) is 0 Å². The fourth-order valence-electron chi connectivity index (χ4n) is 2.04. The van der Waals surface area contributed by atoms with E-state index in [1.807, 2.05) is 18.2 Å². The highest BCUT2D eigenvalue weighted by atomic mass is 16.3. The summed E-state index contributed by atoms with van der Waals surface area (Å²) in [4.78, 5) is 4.25. The van der Waals surface area contributed by atoms with Gasteiger partial charge in [0.25, 0.3) is 0 Å². The first kappa shape index (κ1) is 9.66. The lowest BCUT2D eigenvalue weighted by Crippen LogP contribution is -2.55. The van der Waals surface area contributed by atoms with Crippen LogP contribution in [-0.2, 0) is 6.42 Å². The van der Waals surface area contributed by atoms with Crippen LogP contribution in [0.1, 0.15) is 32.4 Å².